The molecule has 0 bridgehead atoms. The van der Waals surface area contributed by atoms with E-state index >= 15 is 0 Å². The minimum atomic E-state index is -2.98. The van der Waals surface area contributed by atoms with E-state index in [1.54, 1.807) is 19.1 Å². The summed E-state index contributed by atoms with van der Waals surface area (Å²) in [6, 6.07) is 4.43. The first-order valence-electron chi connectivity index (χ1n) is 7.28. The van der Waals surface area contributed by atoms with Crippen LogP contribution in [0.15, 0.2) is 18.2 Å². The standard InChI is InChI=1S/C15H23ClFNO2S/c1-3-9-18-15(6-5-10-21(19,20)4-2)13-8-7-12(16)11-14(13)17/h7-8,11,15,18H,3-6,9-10H2,1-2H3. The minimum absolute atomic E-state index is 0.142. The molecule has 21 heavy (non-hydrogen) atoms. The predicted molar refractivity (Wildman–Crippen MR) is 86.0 cm³/mol. The van der Waals surface area contributed by atoms with Gasteiger partial charge in [0.25, 0.3) is 0 Å². The number of benzene rings is 1. The molecule has 1 unspecified atom stereocenters. The number of hydrogen-bond acceptors (Lipinski definition) is 3. The van der Waals surface area contributed by atoms with Crippen LogP contribution in [0.25, 0.3) is 0 Å². The predicted octanol–water partition coefficient (Wildman–Crippen LogP) is 3.73. The molecule has 6 heteroatoms. The number of halogens is 2. The van der Waals surface area contributed by atoms with Crippen LogP contribution in [0.3, 0.4) is 0 Å². The van der Waals surface area contributed by atoms with E-state index in [0.717, 1.165) is 13.0 Å². The van der Waals surface area contributed by atoms with Crippen molar-refractivity contribution in [3.8, 4) is 0 Å². The molecule has 0 radical (unpaired) electrons. The molecule has 0 aliphatic carbocycles. The van der Waals surface area contributed by atoms with Crippen molar-refractivity contribution in [3.05, 3.63) is 34.6 Å². The highest BCUT2D eigenvalue weighted by atomic mass is 35.5. The Kier molecular flexibility index (Phi) is 7.63. The van der Waals surface area contributed by atoms with Gasteiger partial charge < -0.3 is 5.32 Å². The summed E-state index contributed by atoms with van der Waals surface area (Å²) in [5.74, 6) is -0.0623. The van der Waals surface area contributed by atoms with Gasteiger partial charge in [-0.3, -0.25) is 0 Å². The van der Waals surface area contributed by atoms with E-state index in [0.29, 0.717) is 23.4 Å². The van der Waals surface area contributed by atoms with Crippen LogP contribution in [0, 0.1) is 5.82 Å². The zero-order valence-corrected chi connectivity index (χ0v) is 14.1. The fraction of sp³-hybridized carbons (Fsp3) is 0.600. The van der Waals surface area contributed by atoms with Gasteiger partial charge in [-0.25, -0.2) is 12.8 Å². The lowest BCUT2D eigenvalue weighted by atomic mass is 10.0. The quantitative estimate of drug-likeness (QED) is 0.747. The van der Waals surface area contributed by atoms with Gasteiger partial charge in [-0.2, -0.15) is 0 Å². The molecule has 0 saturated heterocycles. The van der Waals surface area contributed by atoms with Gasteiger partial charge in [-0.15, -0.1) is 0 Å². The van der Waals surface area contributed by atoms with Crippen molar-refractivity contribution in [2.24, 2.45) is 0 Å². The molecular weight excluding hydrogens is 313 g/mol. The normalized spacial score (nSPS) is 13.3. The molecule has 0 aliphatic rings. The maximum absolute atomic E-state index is 14.0. The van der Waals surface area contributed by atoms with Gasteiger partial charge in [-0.1, -0.05) is 31.5 Å². The summed E-state index contributed by atoms with van der Waals surface area (Å²) in [4.78, 5) is 0. The van der Waals surface area contributed by atoms with Gasteiger partial charge in [0, 0.05) is 22.4 Å². The number of nitrogens with one attached hydrogen (secondary N) is 1. The Hall–Kier alpha value is -0.650. The molecule has 1 rings (SSSR count). The second-order valence-corrected chi connectivity index (χ2v) is 7.96. The van der Waals surface area contributed by atoms with Crippen molar-refractivity contribution in [1.29, 1.82) is 0 Å². The summed E-state index contributed by atoms with van der Waals surface area (Å²) >= 11 is 5.77. The van der Waals surface area contributed by atoms with Gasteiger partial charge in [0.1, 0.15) is 15.7 Å². The van der Waals surface area contributed by atoms with Crippen LogP contribution < -0.4 is 5.32 Å². The first kappa shape index (κ1) is 18.4. The van der Waals surface area contributed by atoms with Crippen molar-refractivity contribution in [2.45, 2.75) is 39.2 Å². The van der Waals surface area contributed by atoms with E-state index in [-0.39, 0.29) is 23.4 Å². The van der Waals surface area contributed by atoms with Crippen LogP contribution in [0.1, 0.15) is 44.7 Å². The van der Waals surface area contributed by atoms with E-state index in [2.05, 4.69) is 5.32 Å². The minimum Gasteiger partial charge on any atom is -0.310 e. The lowest BCUT2D eigenvalue weighted by molar-refractivity contribution is 0.468. The van der Waals surface area contributed by atoms with E-state index in [1.165, 1.54) is 6.07 Å². The molecule has 0 heterocycles. The van der Waals surface area contributed by atoms with Crippen LogP contribution in [-0.2, 0) is 9.84 Å². The van der Waals surface area contributed by atoms with Crippen molar-refractivity contribution < 1.29 is 12.8 Å². The molecule has 0 aromatic heterocycles. The highest BCUT2D eigenvalue weighted by molar-refractivity contribution is 7.91. The number of hydrogen-bond donors (Lipinski definition) is 1. The van der Waals surface area contributed by atoms with E-state index in [1.807, 2.05) is 6.92 Å². The van der Waals surface area contributed by atoms with E-state index in [4.69, 9.17) is 11.6 Å². The fourth-order valence-electron chi connectivity index (χ4n) is 2.12. The summed E-state index contributed by atoms with van der Waals surface area (Å²) in [6.45, 7) is 4.43. The Morgan fingerprint density at radius 1 is 1.33 bits per heavy atom. The van der Waals surface area contributed by atoms with Gasteiger partial charge >= 0.3 is 0 Å². The van der Waals surface area contributed by atoms with Gasteiger partial charge in [0.2, 0.25) is 0 Å². The van der Waals surface area contributed by atoms with E-state index in [9.17, 15) is 12.8 Å². The summed E-state index contributed by atoms with van der Waals surface area (Å²) in [5.41, 5.74) is 0.543. The lowest BCUT2D eigenvalue weighted by Gasteiger charge is -2.19. The molecule has 0 aliphatic heterocycles. The van der Waals surface area contributed by atoms with Crippen LogP contribution in [-0.4, -0.2) is 26.5 Å². The molecule has 120 valence electrons. The third-order valence-electron chi connectivity index (χ3n) is 3.37. The number of rotatable bonds is 9. The Labute approximate surface area is 131 Å². The second kappa shape index (κ2) is 8.71. The highest BCUT2D eigenvalue weighted by Gasteiger charge is 2.17. The summed E-state index contributed by atoms with van der Waals surface area (Å²) in [6.07, 6.45) is 2.02. The maximum atomic E-state index is 14.0. The Balaban J connectivity index is 2.76. The molecule has 0 spiro atoms. The smallest absolute Gasteiger partial charge is 0.150 e. The van der Waals surface area contributed by atoms with Crippen LogP contribution in [0.5, 0.6) is 0 Å². The zero-order valence-electron chi connectivity index (χ0n) is 12.5. The molecule has 1 aromatic carbocycles. The first-order valence-corrected chi connectivity index (χ1v) is 9.48. The Morgan fingerprint density at radius 2 is 2.05 bits per heavy atom. The van der Waals surface area contributed by atoms with Crippen LogP contribution in [0.4, 0.5) is 4.39 Å². The molecule has 0 fully saturated rings. The summed E-state index contributed by atoms with van der Waals surface area (Å²) in [7, 11) is -2.98. The largest absolute Gasteiger partial charge is 0.310 e. The van der Waals surface area contributed by atoms with Crippen molar-refractivity contribution >= 4 is 21.4 Å². The van der Waals surface area contributed by atoms with Crippen molar-refractivity contribution in [1.82, 2.24) is 5.32 Å². The molecule has 0 amide bonds. The SMILES string of the molecule is CCCNC(CCCS(=O)(=O)CC)c1ccc(Cl)cc1F. The molecule has 1 aromatic rings. The number of sulfone groups is 1. The third kappa shape index (κ3) is 6.32. The topological polar surface area (TPSA) is 46.2 Å². The fourth-order valence-corrected chi connectivity index (χ4v) is 3.18. The third-order valence-corrected chi connectivity index (χ3v) is 5.39. The highest BCUT2D eigenvalue weighted by Crippen LogP contribution is 2.24. The average molecular weight is 336 g/mol. The molecular formula is C15H23ClFNO2S. The lowest BCUT2D eigenvalue weighted by Crippen LogP contribution is -2.24. The van der Waals surface area contributed by atoms with Crippen molar-refractivity contribution in [3.63, 3.8) is 0 Å². The van der Waals surface area contributed by atoms with Gasteiger partial charge in [0.05, 0.1) is 5.75 Å². The molecule has 0 saturated carbocycles. The Morgan fingerprint density at radius 3 is 2.62 bits per heavy atom. The summed E-state index contributed by atoms with van der Waals surface area (Å²) in [5, 5.41) is 3.63. The molecule has 1 atom stereocenters. The van der Waals surface area contributed by atoms with Crippen LogP contribution >= 0.6 is 11.6 Å². The second-order valence-electron chi connectivity index (χ2n) is 5.05. The molecule has 1 N–H and O–H groups in total. The monoisotopic (exact) mass is 335 g/mol. The Bertz CT molecular complexity index is 549. The molecule has 3 nitrogen and oxygen atoms in total. The zero-order chi connectivity index (χ0) is 15.9. The van der Waals surface area contributed by atoms with Gasteiger partial charge in [0.15, 0.2) is 0 Å². The van der Waals surface area contributed by atoms with Crippen molar-refractivity contribution in [2.75, 3.05) is 18.1 Å². The summed E-state index contributed by atoms with van der Waals surface area (Å²) < 4.78 is 37.1. The maximum Gasteiger partial charge on any atom is 0.150 e. The van der Waals surface area contributed by atoms with Gasteiger partial charge in [-0.05, 0) is 37.9 Å². The first-order chi connectivity index (χ1) is 9.89. The van der Waals surface area contributed by atoms with Crippen LogP contribution in [0.2, 0.25) is 5.02 Å². The average Bonchev–Trinajstić information content (AvgIpc) is 2.43. The van der Waals surface area contributed by atoms with E-state index < -0.39 is 9.84 Å².